The van der Waals surface area contributed by atoms with Crippen LogP contribution in [0, 0.1) is 64.1 Å². The van der Waals surface area contributed by atoms with Crippen LogP contribution in [-0.4, -0.2) is 12.1 Å². The summed E-state index contributed by atoms with van der Waals surface area (Å²) in [7, 11) is 0. The molecule has 4 aliphatic carbocycles. The Kier molecular flexibility index (Phi) is 7.17. The molecular weight excluding hydrogens is 404 g/mol. The molecular formula is C31H52O2. The van der Waals surface area contributed by atoms with E-state index in [-0.39, 0.29) is 12.1 Å². The van der Waals surface area contributed by atoms with Crippen molar-refractivity contribution in [3.63, 3.8) is 0 Å². The number of allylic oxidation sites excluding steroid dienone is 2. The SMILES string of the molecule is CC(=O)O[C@H]1CC[C@@]2(C)[C@@H](CC[C@@H]3[C@@H]2CC[C@]2(C)[C@@H]([C@H](C)/C=C/[C@H](C)C(C)C)CC[C@@H]32)[C@@H]1C. The van der Waals surface area contributed by atoms with E-state index in [1.54, 1.807) is 6.92 Å². The lowest BCUT2D eigenvalue weighted by Gasteiger charge is -2.62. The summed E-state index contributed by atoms with van der Waals surface area (Å²) in [4.78, 5) is 11.7. The summed E-state index contributed by atoms with van der Waals surface area (Å²) in [6, 6.07) is 0. The monoisotopic (exact) mass is 456 g/mol. The molecule has 11 atom stereocenters. The maximum Gasteiger partial charge on any atom is 0.302 e. The predicted octanol–water partition coefficient (Wildman–Crippen LogP) is 8.31. The molecule has 0 aromatic rings. The molecule has 2 heteroatoms. The quantitative estimate of drug-likeness (QED) is 0.307. The van der Waals surface area contributed by atoms with Gasteiger partial charge in [-0.2, -0.15) is 0 Å². The fraction of sp³-hybridized carbons (Fsp3) is 0.903. The van der Waals surface area contributed by atoms with Crippen molar-refractivity contribution in [1.82, 2.24) is 0 Å². The van der Waals surface area contributed by atoms with Gasteiger partial charge in [-0.25, -0.2) is 0 Å². The van der Waals surface area contributed by atoms with E-state index >= 15 is 0 Å². The number of hydrogen-bond acceptors (Lipinski definition) is 2. The predicted molar refractivity (Wildman–Crippen MR) is 138 cm³/mol. The van der Waals surface area contributed by atoms with Gasteiger partial charge in [0.15, 0.2) is 0 Å². The molecule has 0 heterocycles. The van der Waals surface area contributed by atoms with Crippen molar-refractivity contribution in [2.75, 3.05) is 0 Å². The first-order valence-electron chi connectivity index (χ1n) is 14.3. The number of carbonyl (C=O) groups is 1. The average molecular weight is 457 g/mol. The number of rotatable bonds is 5. The highest BCUT2D eigenvalue weighted by Crippen LogP contribution is 2.69. The highest BCUT2D eigenvalue weighted by molar-refractivity contribution is 5.66. The summed E-state index contributed by atoms with van der Waals surface area (Å²) >= 11 is 0. The van der Waals surface area contributed by atoms with E-state index in [2.05, 4.69) is 60.6 Å². The van der Waals surface area contributed by atoms with E-state index in [1.807, 2.05) is 0 Å². The first kappa shape index (κ1) is 25.3. The van der Waals surface area contributed by atoms with Crippen LogP contribution in [0.15, 0.2) is 12.2 Å². The summed E-state index contributed by atoms with van der Waals surface area (Å²) < 4.78 is 5.77. The van der Waals surface area contributed by atoms with Crippen LogP contribution in [0.2, 0.25) is 0 Å². The van der Waals surface area contributed by atoms with E-state index in [0.717, 1.165) is 41.9 Å². The molecule has 4 rings (SSSR count). The minimum absolute atomic E-state index is 0.0967. The molecule has 4 aliphatic rings. The Balaban J connectivity index is 1.49. The average Bonchev–Trinajstić information content (AvgIpc) is 3.11. The van der Waals surface area contributed by atoms with Gasteiger partial charge in [0.05, 0.1) is 0 Å². The van der Waals surface area contributed by atoms with Crippen molar-refractivity contribution in [2.45, 2.75) is 113 Å². The third-order valence-corrected chi connectivity index (χ3v) is 11.9. The van der Waals surface area contributed by atoms with E-state index in [9.17, 15) is 4.79 Å². The van der Waals surface area contributed by atoms with Crippen molar-refractivity contribution in [2.24, 2.45) is 64.1 Å². The molecule has 0 unspecified atom stereocenters. The van der Waals surface area contributed by atoms with Crippen LogP contribution in [0.5, 0.6) is 0 Å². The normalized spacial score (nSPS) is 47.0. The van der Waals surface area contributed by atoms with Gasteiger partial charge in [-0.05, 0) is 115 Å². The highest BCUT2D eigenvalue weighted by Gasteiger charge is 2.61. The maximum atomic E-state index is 11.7. The molecule has 0 aromatic carbocycles. The summed E-state index contributed by atoms with van der Waals surface area (Å²) in [5.41, 5.74) is 0.965. The number of ether oxygens (including phenoxy) is 1. The van der Waals surface area contributed by atoms with Gasteiger partial charge in [0.25, 0.3) is 0 Å². The van der Waals surface area contributed by atoms with Gasteiger partial charge in [-0.15, -0.1) is 0 Å². The molecule has 0 radical (unpaired) electrons. The van der Waals surface area contributed by atoms with Gasteiger partial charge in [-0.3, -0.25) is 4.79 Å². The lowest BCUT2D eigenvalue weighted by atomic mass is 9.43. The van der Waals surface area contributed by atoms with Crippen LogP contribution in [-0.2, 0) is 9.53 Å². The zero-order chi connectivity index (χ0) is 24.1. The second-order valence-corrected chi connectivity index (χ2v) is 13.7. The number of esters is 1. The van der Waals surface area contributed by atoms with Crippen molar-refractivity contribution in [3.05, 3.63) is 12.2 Å². The summed E-state index contributed by atoms with van der Waals surface area (Å²) in [5.74, 6) is 6.78. The number of fused-ring (bicyclic) bond motifs is 5. The Morgan fingerprint density at radius 3 is 2.15 bits per heavy atom. The molecule has 0 aromatic heterocycles. The van der Waals surface area contributed by atoms with Crippen molar-refractivity contribution < 1.29 is 9.53 Å². The Labute approximate surface area is 204 Å². The second kappa shape index (κ2) is 9.34. The molecule has 0 bridgehead atoms. The molecule has 4 fully saturated rings. The van der Waals surface area contributed by atoms with Gasteiger partial charge in [-0.1, -0.05) is 60.6 Å². The van der Waals surface area contributed by atoms with Gasteiger partial charge in [0.2, 0.25) is 0 Å². The van der Waals surface area contributed by atoms with Crippen LogP contribution >= 0.6 is 0 Å². The smallest absolute Gasteiger partial charge is 0.302 e. The molecule has 0 amide bonds. The van der Waals surface area contributed by atoms with Gasteiger partial charge in [0, 0.05) is 6.92 Å². The number of hydrogen-bond donors (Lipinski definition) is 0. The van der Waals surface area contributed by atoms with Crippen molar-refractivity contribution in [1.29, 1.82) is 0 Å². The standard InChI is InChI=1S/C31H52O2/c1-19(2)20(3)9-10-21(4)25-13-14-27-24-11-12-26-22(5)29(33-23(6)32)16-18-31(26,8)28(24)15-17-30(25,27)7/h9-10,19-22,24-29H,11-18H2,1-8H3/b10-9+/t20-,21+,22-,24-,25+,26-,27-,28-,29-,30+,31-/m0/s1. The zero-order valence-corrected chi connectivity index (χ0v) is 22.9. The second-order valence-electron chi connectivity index (χ2n) is 13.7. The molecule has 4 saturated carbocycles. The molecule has 33 heavy (non-hydrogen) atoms. The lowest BCUT2D eigenvalue weighted by Crippen LogP contribution is -2.56. The topological polar surface area (TPSA) is 26.3 Å². The Bertz CT molecular complexity index is 739. The van der Waals surface area contributed by atoms with Gasteiger partial charge in [0.1, 0.15) is 6.10 Å². The van der Waals surface area contributed by atoms with Crippen LogP contribution in [0.3, 0.4) is 0 Å². The van der Waals surface area contributed by atoms with Crippen LogP contribution in [0.25, 0.3) is 0 Å². The largest absolute Gasteiger partial charge is 0.462 e. The van der Waals surface area contributed by atoms with Crippen molar-refractivity contribution in [3.8, 4) is 0 Å². The van der Waals surface area contributed by atoms with E-state index in [1.165, 1.54) is 44.9 Å². The highest BCUT2D eigenvalue weighted by atomic mass is 16.5. The van der Waals surface area contributed by atoms with Crippen LogP contribution in [0.4, 0.5) is 0 Å². The molecule has 2 nitrogen and oxygen atoms in total. The van der Waals surface area contributed by atoms with Gasteiger partial charge < -0.3 is 4.74 Å². The molecule has 0 spiro atoms. The Hall–Kier alpha value is -0.790. The first-order chi connectivity index (χ1) is 15.5. The fourth-order valence-electron chi connectivity index (χ4n) is 9.69. The van der Waals surface area contributed by atoms with E-state index < -0.39 is 0 Å². The summed E-state index contributed by atoms with van der Waals surface area (Å²) in [6.07, 6.45) is 16.0. The van der Waals surface area contributed by atoms with Crippen molar-refractivity contribution >= 4 is 5.97 Å². The molecule has 0 saturated heterocycles. The van der Waals surface area contributed by atoms with Gasteiger partial charge >= 0.3 is 5.97 Å². The third kappa shape index (κ3) is 4.35. The minimum Gasteiger partial charge on any atom is -0.462 e. The van der Waals surface area contributed by atoms with E-state index in [4.69, 9.17) is 4.74 Å². The molecule has 0 aliphatic heterocycles. The Morgan fingerprint density at radius 1 is 0.848 bits per heavy atom. The summed E-state index contributed by atoms with van der Waals surface area (Å²) in [5, 5.41) is 0. The molecule has 188 valence electrons. The van der Waals surface area contributed by atoms with Crippen LogP contribution < -0.4 is 0 Å². The third-order valence-electron chi connectivity index (χ3n) is 11.9. The van der Waals surface area contributed by atoms with E-state index in [0.29, 0.717) is 28.6 Å². The molecule has 0 N–H and O–H groups in total. The van der Waals surface area contributed by atoms with Crippen LogP contribution in [0.1, 0.15) is 107 Å². The Morgan fingerprint density at radius 2 is 1.48 bits per heavy atom. The maximum absolute atomic E-state index is 11.7. The summed E-state index contributed by atoms with van der Waals surface area (Å²) in [6.45, 7) is 18.8. The first-order valence-corrected chi connectivity index (χ1v) is 14.3. The zero-order valence-electron chi connectivity index (χ0n) is 22.9. The lowest BCUT2D eigenvalue weighted by molar-refractivity contribution is -0.173. The number of carbonyl (C=O) groups excluding carboxylic acids is 1. The fourth-order valence-corrected chi connectivity index (χ4v) is 9.69. The minimum atomic E-state index is -0.0967.